The molecule has 1 aromatic carbocycles. The highest BCUT2D eigenvalue weighted by molar-refractivity contribution is 5.78. The molecule has 1 N–H and O–H groups in total. The molecule has 128 valence electrons. The van der Waals surface area contributed by atoms with Crippen LogP contribution in [0.3, 0.4) is 0 Å². The highest BCUT2D eigenvalue weighted by atomic mass is 19.3. The van der Waals surface area contributed by atoms with E-state index >= 15 is 0 Å². The lowest BCUT2D eigenvalue weighted by atomic mass is 10.1. The van der Waals surface area contributed by atoms with E-state index in [4.69, 9.17) is 0 Å². The molecule has 1 saturated heterocycles. The van der Waals surface area contributed by atoms with Crippen LogP contribution >= 0.6 is 0 Å². The first-order valence-electron chi connectivity index (χ1n) is 7.62. The van der Waals surface area contributed by atoms with Crippen molar-refractivity contribution in [3.63, 3.8) is 0 Å². The second-order valence-corrected chi connectivity index (χ2v) is 5.80. The minimum absolute atomic E-state index is 0.0352. The van der Waals surface area contributed by atoms with Crippen molar-refractivity contribution in [3.8, 4) is 5.75 Å². The predicted molar refractivity (Wildman–Crippen MR) is 81.2 cm³/mol. The Balaban J connectivity index is 1.83. The molecule has 1 heterocycles. The number of hydrogen-bond donors (Lipinski definition) is 1. The van der Waals surface area contributed by atoms with Gasteiger partial charge in [-0.1, -0.05) is 12.1 Å². The Morgan fingerprint density at radius 1 is 1.43 bits per heavy atom. The molecule has 5 nitrogen and oxygen atoms in total. The number of halogens is 2. The smallest absolute Gasteiger partial charge is 0.387 e. The van der Waals surface area contributed by atoms with Crippen LogP contribution < -0.4 is 4.74 Å². The van der Waals surface area contributed by atoms with Gasteiger partial charge in [0.15, 0.2) is 0 Å². The molecular formula is C16H22F2N2O3. The van der Waals surface area contributed by atoms with Crippen molar-refractivity contribution in [1.82, 2.24) is 9.80 Å². The van der Waals surface area contributed by atoms with Gasteiger partial charge in [-0.25, -0.2) is 0 Å². The molecule has 23 heavy (non-hydrogen) atoms. The van der Waals surface area contributed by atoms with Crippen molar-refractivity contribution < 1.29 is 23.4 Å². The summed E-state index contributed by atoms with van der Waals surface area (Å²) in [5, 5.41) is 9.62. The van der Waals surface area contributed by atoms with Gasteiger partial charge in [-0.15, -0.1) is 0 Å². The molecule has 1 fully saturated rings. The number of β-amino-alcohol motifs (C(OH)–C–C–N with tert-alkyl or cyclic N) is 1. The summed E-state index contributed by atoms with van der Waals surface area (Å²) in [6, 6.07) is 6.24. The van der Waals surface area contributed by atoms with Crippen LogP contribution in [-0.2, 0) is 11.3 Å². The molecule has 1 unspecified atom stereocenters. The summed E-state index contributed by atoms with van der Waals surface area (Å²) in [7, 11) is 1.70. The Morgan fingerprint density at radius 3 is 2.74 bits per heavy atom. The van der Waals surface area contributed by atoms with Crippen LogP contribution in [0.25, 0.3) is 0 Å². The number of rotatable bonds is 6. The highest BCUT2D eigenvalue weighted by Gasteiger charge is 2.21. The number of nitrogens with zero attached hydrogens (tertiary/aromatic N) is 2. The lowest BCUT2D eigenvalue weighted by molar-refractivity contribution is -0.132. The normalized spacial score (nSPS) is 18.9. The number of carbonyl (C=O) groups excluding carboxylic acids is 1. The van der Waals surface area contributed by atoms with Crippen LogP contribution in [0.4, 0.5) is 8.78 Å². The Hall–Kier alpha value is -1.73. The minimum Gasteiger partial charge on any atom is -0.435 e. The van der Waals surface area contributed by atoms with Gasteiger partial charge in [0, 0.05) is 20.1 Å². The number of hydrogen-bond acceptors (Lipinski definition) is 4. The van der Waals surface area contributed by atoms with E-state index in [0.29, 0.717) is 13.1 Å². The van der Waals surface area contributed by atoms with E-state index in [2.05, 4.69) is 4.74 Å². The Kier molecular flexibility index (Phi) is 6.29. The van der Waals surface area contributed by atoms with Gasteiger partial charge in [0.1, 0.15) is 5.75 Å². The third-order valence-electron chi connectivity index (χ3n) is 3.83. The second-order valence-electron chi connectivity index (χ2n) is 5.80. The summed E-state index contributed by atoms with van der Waals surface area (Å²) in [6.07, 6.45) is 1.32. The van der Waals surface area contributed by atoms with Gasteiger partial charge in [-0.05, 0) is 37.1 Å². The van der Waals surface area contributed by atoms with Gasteiger partial charge in [0.05, 0.1) is 12.6 Å². The first kappa shape index (κ1) is 17.6. The van der Waals surface area contributed by atoms with Gasteiger partial charge >= 0.3 is 6.61 Å². The molecule has 1 amide bonds. The van der Waals surface area contributed by atoms with E-state index < -0.39 is 6.61 Å². The summed E-state index contributed by atoms with van der Waals surface area (Å²) in [5.41, 5.74) is 0.834. The summed E-state index contributed by atoms with van der Waals surface area (Å²) in [5.74, 6) is 0.0621. The molecule has 1 aliphatic rings. The maximum Gasteiger partial charge on any atom is 0.387 e. The molecule has 0 saturated carbocycles. The van der Waals surface area contributed by atoms with E-state index in [0.717, 1.165) is 24.9 Å². The van der Waals surface area contributed by atoms with Gasteiger partial charge < -0.3 is 14.7 Å². The third-order valence-corrected chi connectivity index (χ3v) is 3.83. The number of aliphatic hydroxyl groups excluding tert-OH is 1. The largest absolute Gasteiger partial charge is 0.435 e. The molecule has 7 heteroatoms. The predicted octanol–water partition coefficient (Wildman–Crippen LogP) is 1.70. The number of benzene rings is 1. The van der Waals surface area contributed by atoms with Crippen molar-refractivity contribution in [3.05, 3.63) is 29.8 Å². The summed E-state index contributed by atoms with van der Waals surface area (Å²) in [6.45, 7) is -0.829. The van der Waals surface area contributed by atoms with Gasteiger partial charge in [-0.2, -0.15) is 8.78 Å². The number of amides is 1. The average molecular weight is 328 g/mol. The molecule has 0 aliphatic carbocycles. The van der Waals surface area contributed by atoms with Crippen LogP contribution in [0.1, 0.15) is 18.4 Å². The van der Waals surface area contributed by atoms with E-state index in [9.17, 15) is 18.7 Å². The van der Waals surface area contributed by atoms with Gasteiger partial charge in [-0.3, -0.25) is 9.69 Å². The molecule has 1 aromatic rings. The monoisotopic (exact) mass is 328 g/mol. The fourth-order valence-electron chi connectivity index (χ4n) is 2.63. The number of likely N-dealkylation sites (N-methyl/N-ethyl adjacent to an activating group) is 1. The highest BCUT2D eigenvalue weighted by Crippen LogP contribution is 2.16. The fraction of sp³-hybridized carbons (Fsp3) is 0.562. The molecule has 0 spiro atoms. The standard InChI is InChI=1S/C16H22F2N2O3/c1-19(15(22)11-20-8-2-3-13(21)10-20)9-12-4-6-14(7-5-12)23-16(17)18/h4-7,13,16,21H,2-3,8-11H2,1H3. The third kappa shape index (κ3) is 5.76. The molecule has 1 atom stereocenters. The molecule has 1 aliphatic heterocycles. The Labute approximate surface area is 134 Å². The maximum absolute atomic E-state index is 12.2. The number of ether oxygens (including phenoxy) is 1. The minimum atomic E-state index is -2.84. The lowest BCUT2D eigenvalue weighted by Gasteiger charge is -2.30. The van der Waals surface area contributed by atoms with Gasteiger partial charge in [0.2, 0.25) is 5.91 Å². The van der Waals surface area contributed by atoms with Crippen LogP contribution in [0.15, 0.2) is 24.3 Å². The van der Waals surface area contributed by atoms with Crippen molar-refractivity contribution in [2.75, 3.05) is 26.7 Å². The zero-order chi connectivity index (χ0) is 16.8. The van der Waals surface area contributed by atoms with Crippen molar-refractivity contribution >= 4 is 5.91 Å². The summed E-state index contributed by atoms with van der Waals surface area (Å²) in [4.78, 5) is 15.8. The molecular weight excluding hydrogens is 306 g/mol. The summed E-state index contributed by atoms with van der Waals surface area (Å²) >= 11 is 0. The number of carbonyl (C=O) groups is 1. The van der Waals surface area contributed by atoms with E-state index in [1.54, 1.807) is 24.1 Å². The number of aliphatic hydroxyl groups is 1. The van der Waals surface area contributed by atoms with E-state index in [-0.39, 0.29) is 24.3 Å². The van der Waals surface area contributed by atoms with Crippen molar-refractivity contribution in [1.29, 1.82) is 0 Å². The van der Waals surface area contributed by atoms with Crippen molar-refractivity contribution in [2.24, 2.45) is 0 Å². The van der Waals surface area contributed by atoms with Crippen molar-refractivity contribution in [2.45, 2.75) is 32.1 Å². The molecule has 0 radical (unpaired) electrons. The zero-order valence-corrected chi connectivity index (χ0v) is 13.1. The lowest BCUT2D eigenvalue weighted by Crippen LogP contribution is -2.44. The maximum atomic E-state index is 12.2. The average Bonchev–Trinajstić information content (AvgIpc) is 2.48. The van der Waals surface area contributed by atoms with E-state index in [1.165, 1.54) is 12.1 Å². The molecule has 0 aromatic heterocycles. The molecule has 0 bridgehead atoms. The topological polar surface area (TPSA) is 53.0 Å². The zero-order valence-electron chi connectivity index (χ0n) is 13.1. The summed E-state index contributed by atoms with van der Waals surface area (Å²) < 4.78 is 28.5. The first-order chi connectivity index (χ1) is 10.9. The fourth-order valence-corrected chi connectivity index (χ4v) is 2.63. The molecule has 2 rings (SSSR count). The van der Waals surface area contributed by atoms with Crippen LogP contribution in [0.2, 0.25) is 0 Å². The first-order valence-corrected chi connectivity index (χ1v) is 7.62. The van der Waals surface area contributed by atoms with Crippen LogP contribution in [0.5, 0.6) is 5.75 Å². The van der Waals surface area contributed by atoms with Crippen LogP contribution in [0, 0.1) is 0 Å². The number of alkyl halides is 2. The SMILES string of the molecule is CN(Cc1ccc(OC(F)F)cc1)C(=O)CN1CCCC(O)C1. The van der Waals surface area contributed by atoms with Crippen LogP contribution in [-0.4, -0.2) is 60.2 Å². The van der Waals surface area contributed by atoms with Gasteiger partial charge in [0.25, 0.3) is 0 Å². The quantitative estimate of drug-likeness (QED) is 0.864. The van der Waals surface area contributed by atoms with E-state index in [1.807, 2.05) is 4.90 Å². The number of piperidine rings is 1. The number of likely N-dealkylation sites (tertiary alicyclic amines) is 1. The Morgan fingerprint density at radius 2 is 2.13 bits per heavy atom. The Bertz CT molecular complexity index is 511. The second kappa shape index (κ2) is 8.21.